The fraction of sp³-hybridized carbons (Fsp3) is 0.233. The van der Waals surface area contributed by atoms with Gasteiger partial charge in [0.1, 0.15) is 17.0 Å². The van der Waals surface area contributed by atoms with E-state index in [1.54, 1.807) is 31.3 Å². The van der Waals surface area contributed by atoms with Gasteiger partial charge >= 0.3 is 0 Å². The molecule has 0 aliphatic heterocycles. The number of aryl methyl sites for hydroxylation is 1. The minimum Gasteiger partial charge on any atom is -0.493 e. The highest BCUT2D eigenvalue weighted by molar-refractivity contribution is 7.15. The van der Waals surface area contributed by atoms with Crippen LogP contribution in [-0.4, -0.2) is 47.6 Å². The predicted molar refractivity (Wildman–Crippen MR) is 154 cm³/mol. The second-order valence-corrected chi connectivity index (χ2v) is 10.5. The van der Waals surface area contributed by atoms with Crippen molar-refractivity contribution in [2.75, 3.05) is 26.1 Å². The van der Waals surface area contributed by atoms with Gasteiger partial charge in [-0.05, 0) is 61.4 Å². The molecule has 0 bridgehead atoms. The molecular weight excluding hydrogens is 531 g/mol. The van der Waals surface area contributed by atoms with Crippen LogP contribution in [0.2, 0.25) is 0 Å². The van der Waals surface area contributed by atoms with E-state index >= 15 is 0 Å². The minimum absolute atomic E-state index is 0.245. The lowest BCUT2D eigenvalue weighted by molar-refractivity contribution is 0.0680. The standard InChI is InChI=1S/C30H29FN4O4S/c1-18(16-32-30-34-23-7-5-6-8-24(23)39-30)35(17-20-9-14-25(37-3)26(15-20)38-4)29(36)27-28(40-19(2)33-27)21-10-12-22(31)13-11-21/h5-15,18H,16-17H2,1-4H3,(H,32,34)/t18-/m1/s1. The number of amides is 1. The molecule has 0 aliphatic carbocycles. The normalized spacial score (nSPS) is 11.8. The SMILES string of the molecule is COc1ccc(CN(C(=O)c2nc(C)sc2-c2ccc(F)cc2)[C@H](C)CNc2nc3ccccc3o2)cc1OC. The predicted octanol–water partition coefficient (Wildman–Crippen LogP) is 6.56. The van der Waals surface area contributed by atoms with Gasteiger partial charge in [-0.25, -0.2) is 9.37 Å². The molecular formula is C30H29FN4O4S. The van der Waals surface area contributed by atoms with Gasteiger partial charge in [-0.2, -0.15) is 4.98 Å². The summed E-state index contributed by atoms with van der Waals surface area (Å²) in [6.45, 7) is 4.46. The lowest BCUT2D eigenvalue weighted by atomic mass is 10.1. The molecule has 2 aromatic heterocycles. The van der Waals surface area contributed by atoms with Crippen LogP contribution < -0.4 is 14.8 Å². The molecule has 5 rings (SSSR count). The third kappa shape index (κ3) is 5.76. The van der Waals surface area contributed by atoms with Crippen LogP contribution in [-0.2, 0) is 6.54 Å². The number of fused-ring (bicyclic) bond motifs is 1. The van der Waals surface area contributed by atoms with E-state index in [-0.39, 0.29) is 24.3 Å². The number of nitrogens with one attached hydrogen (secondary N) is 1. The summed E-state index contributed by atoms with van der Waals surface area (Å²) in [4.78, 5) is 25.7. The smallest absolute Gasteiger partial charge is 0.295 e. The van der Waals surface area contributed by atoms with E-state index in [0.717, 1.165) is 21.7 Å². The van der Waals surface area contributed by atoms with Crippen molar-refractivity contribution in [2.45, 2.75) is 26.4 Å². The molecule has 10 heteroatoms. The Kier molecular flexibility index (Phi) is 7.97. The highest BCUT2D eigenvalue weighted by Crippen LogP contribution is 2.33. The summed E-state index contributed by atoms with van der Waals surface area (Å²) in [5.74, 6) is 0.585. The number of anilines is 1. The summed E-state index contributed by atoms with van der Waals surface area (Å²) in [6.07, 6.45) is 0. The number of methoxy groups -OCH3 is 2. The Bertz CT molecular complexity index is 1600. The fourth-order valence-electron chi connectivity index (χ4n) is 4.40. The van der Waals surface area contributed by atoms with E-state index < -0.39 is 0 Å². The Morgan fingerprint density at radius 3 is 2.52 bits per heavy atom. The average Bonchev–Trinajstić information content (AvgIpc) is 3.57. The van der Waals surface area contributed by atoms with Crippen LogP contribution in [0.15, 0.2) is 71.1 Å². The molecule has 3 aromatic carbocycles. The Hall–Kier alpha value is -4.44. The molecule has 0 fully saturated rings. The van der Waals surface area contributed by atoms with E-state index in [9.17, 15) is 9.18 Å². The van der Waals surface area contributed by atoms with Crippen LogP contribution in [0.25, 0.3) is 21.5 Å². The second kappa shape index (κ2) is 11.7. The zero-order valence-corrected chi connectivity index (χ0v) is 23.4. The van der Waals surface area contributed by atoms with Gasteiger partial charge in [0, 0.05) is 19.1 Å². The van der Waals surface area contributed by atoms with Crippen LogP contribution in [0.3, 0.4) is 0 Å². The van der Waals surface area contributed by atoms with Crippen LogP contribution >= 0.6 is 11.3 Å². The maximum atomic E-state index is 14.2. The first-order chi connectivity index (χ1) is 19.4. The monoisotopic (exact) mass is 560 g/mol. The van der Waals surface area contributed by atoms with Crippen molar-refractivity contribution in [1.29, 1.82) is 0 Å². The van der Waals surface area contributed by atoms with Crippen molar-refractivity contribution in [3.05, 3.63) is 88.8 Å². The number of hydrogen-bond donors (Lipinski definition) is 1. The molecule has 2 heterocycles. The topological polar surface area (TPSA) is 89.7 Å². The van der Waals surface area contributed by atoms with E-state index in [1.807, 2.05) is 56.3 Å². The number of aromatic nitrogens is 2. The molecule has 8 nitrogen and oxygen atoms in total. The van der Waals surface area contributed by atoms with Crippen molar-refractivity contribution in [3.63, 3.8) is 0 Å². The van der Waals surface area contributed by atoms with Gasteiger partial charge in [0.15, 0.2) is 17.1 Å². The molecule has 0 saturated carbocycles. The van der Waals surface area contributed by atoms with Crippen molar-refractivity contribution in [3.8, 4) is 21.9 Å². The van der Waals surface area contributed by atoms with E-state index in [0.29, 0.717) is 40.2 Å². The van der Waals surface area contributed by atoms with E-state index in [4.69, 9.17) is 13.9 Å². The fourth-order valence-corrected chi connectivity index (χ4v) is 5.32. The first-order valence-corrected chi connectivity index (χ1v) is 13.5. The Morgan fingerprint density at radius 2 is 1.80 bits per heavy atom. The number of nitrogens with zero attached hydrogens (tertiary/aromatic N) is 3. The minimum atomic E-state index is -0.341. The lowest BCUT2D eigenvalue weighted by Gasteiger charge is -2.29. The van der Waals surface area contributed by atoms with Gasteiger partial charge < -0.3 is 24.1 Å². The zero-order valence-electron chi connectivity index (χ0n) is 22.6. The van der Waals surface area contributed by atoms with E-state index in [2.05, 4.69) is 15.3 Å². The van der Waals surface area contributed by atoms with Crippen molar-refractivity contribution in [1.82, 2.24) is 14.9 Å². The third-order valence-corrected chi connectivity index (χ3v) is 7.50. The van der Waals surface area contributed by atoms with Crippen LogP contribution in [0.5, 0.6) is 11.5 Å². The Labute approximate surface area is 235 Å². The van der Waals surface area contributed by atoms with Crippen LogP contribution in [0.1, 0.15) is 28.0 Å². The van der Waals surface area contributed by atoms with Gasteiger partial charge in [0.25, 0.3) is 11.9 Å². The number of benzene rings is 3. The van der Waals surface area contributed by atoms with Gasteiger partial charge in [0.2, 0.25) is 0 Å². The third-order valence-electron chi connectivity index (χ3n) is 6.48. The summed E-state index contributed by atoms with van der Waals surface area (Å²) in [6, 6.07) is 19.3. The summed E-state index contributed by atoms with van der Waals surface area (Å²) < 4.78 is 30.3. The first kappa shape index (κ1) is 27.1. The molecule has 0 saturated heterocycles. The van der Waals surface area contributed by atoms with Crippen LogP contribution in [0.4, 0.5) is 10.4 Å². The molecule has 0 radical (unpaired) electrons. The number of carbonyl (C=O) groups is 1. The maximum absolute atomic E-state index is 14.2. The highest BCUT2D eigenvalue weighted by Gasteiger charge is 2.28. The zero-order chi connectivity index (χ0) is 28.2. The largest absolute Gasteiger partial charge is 0.493 e. The number of thiazole rings is 1. The number of halogens is 1. The summed E-state index contributed by atoms with van der Waals surface area (Å²) in [7, 11) is 3.15. The van der Waals surface area contributed by atoms with Gasteiger partial charge in [-0.3, -0.25) is 4.79 Å². The number of rotatable bonds is 10. The molecule has 1 atom stereocenters. The molecule has 0 unspecified atom stereocenters. The second-order valence-electron chi connectivity index (χ2n) is 9.26. The average molecular weight is 561 g/mol. The Balaban J connectivity index is 1.46. The maximum Gasteiger partial charge on any atom is 0.295 e. The first-order valence-electron chi connectivity index (χ1n) is 12.7. The highest BCUT2D eigenvalue weighted by atomic mass is 32.1. The van der Waals surface area contributed by atoms with Crippen molar-refractivity contribution >= 4 is 34.4 Å². The molecule has 5 aromatic rings. The number of para-hydroxylation sites is 2. The number of hydrogen-bond acceptors (Lipinski definition) is 8. The molecule has 40 heavy (non-hydrogen) atoms. The number of ether oxygens (including phenoxy) is 2. The molecule has 1 N–H and O–H groups in total. The lowest BCUT2D eigenvalue weighted by Crippen LogP contribution is -2.42. The van der Waals surface area contributed by atoms with Gasteiger partial charge in [-0.15, -0.1) is 11.3 Å². The molecule has 0 aliphatic rings. The van der Waals surface area contributed by atoms with Crippen molar-refractivity contribution < 1.29 is 23.1 Å². The van der Waals surface area contributed by atoms with Crippen molar-refractivity contribution in [2.24, 2.45) is 0 Å². The van der Waals surface area contributed by atoms with Gasteiger partial charge in [0.05, 0.1) is 24.1 Å². The molecule has 0 spiro atoms. The summed E-state index contributed by atoms with van der Waals surface area (Å²) in [5, 5.41) is 3.97. The molecule has 206 valence electrons. The summed E-state index contributed by atoms with van der Waals surface area (Å²) in [5.41, 5.74) is 3.34. The Morgan fingerprint density at radius 1 is 1.05 bits per heavy atom. The van der Waals surface area contributed by atoms with Gasteiger partial charge in [-0.1, -0.05) is 30.3 Å². The quantitative estimate of drug-likeness (QED) is 0.207. The van der Waals surface area contributed by atoms with E-state index in [1.165, 1.54) is 23.5 Å². The number of oxazole rings is 1. The summed E-state index contributed by atoms with van der Waals surface area (Å²) >= 11 is 1.40. The number of carbonyl (C=O) groups excluding carboxylic acids is 1. The molecule has 1 amide bonds. The van der Waals surface area contributed by atoms with Crippen LogP contribution in [0, 0.1) is 12.7 Å².